The molecule has 1 atom stereocenters. The van der Waals surface area contributed by atoms with E-state index in [0.29, 0.717) is 6.04 Å². The highest BCUT2D eigenvalue weighted by Crippen LogP contribution is 2.12. The Balaban J connectivity index is 2.51. The van der Waals surface area contributed by atoms with Crippen molar-refractivity contribution < 1.29 is 5.11 Å². The summed E-state index contributed by atoms with van der Waals surface area (Å²) in [5.41, 5.74) is 1.34. The molecule has 0 saturated carbocycles. The van der Waals surface area contributed by atoms with E-state index in [1.807, 2.05) is 6.92 Å². The molecule has 1 N–H and O–H groups in total. The van der Waals surface area contributed by atoms with E-state index in [9.17, 15) is 5.11 Å². The SMILES string of the molecule is CC(O)CN(Cc1ccsc1)C(C)C. The van der Waals surface area contributed by atoms with Gasteiger partial charge in [-0.1, -0.05) is 0 Å². The molecule has 0 spiro atoms. The monoisotopic (exact) mass is 213 g/mol. The molecule has 1 rings (SSSR count). The molecular weight excluding hydrogens is 194 g/mol. The highest BCUT2D eigenvalue weighted by atomic mass is 32.1. The van der Waals surface area contributed by atoms with E-state index in [4.69, 9.17) is 0 Å². The Hall–Kier alpha value is -0.380. The number of hydrogen-bond acceptors (Lipinski definition) is 3. The first kappa shape index (κ1) is 11.7. The summed E-state index contributed by atoms with van der Waals surface area (Å²) in [7, 11) is 0. The number of rotatable bonds is 5. The molecule has 2 nitrogen and oxygen atoms in total. The van der Waals surface area contributed by atoms with Gasteiger partial charge in [-0.25, -0.2) is 0 Å². The van der Waals surface area contributed by atoms with Crippen LogP contribution in [0.4, 0.5) is 0 Å². The largest absolute Gasteiger partial charge is 0.392 e. The van der Waals surface area contributed by atoms with Crippen LogP contribution in [0.15, 0.2) is 16.8 Å². The molecule has 0 radical (unpaired) electrons. The number of aliphatic hydroxyl groups excluding tert-OH is 1. The van der Waals surface area contributed by atoms with Gasteiger partial charge in [-0.2, -0.15) is 11.3 Å². The fourth-order valence-corrected chi connectivity index (χ4v) is 2.07. The zero-order valence-corrected chi connectivity index (χ0v) is 9.92. The van der Waals surface area contributed by atoms with E-state index in [0.717, 1.165) is 13.1 Å². The van der Waals surface area contributed by atoms with Crippen LogP contribution >= 0.6 is 11.3 Å². The Morgan fingerprint density at radius 1 is 1.43 bits per heavy atom. The van der Waals surface area contributed by atoms with Gasteiger partial charge in [-0.15, -0.1) is 0 Å². The lowest BCUT2D eigenvalue weighted by Crippen LogP contribution is -2.35. The number of nitrogens with zero attached hydrogens (tertiary/aromatic N) is 1. The minimum Gasteiger partial charge on any atom is -0.392 e. The fraction of sp³-hybridized carbons (Fsp3) is 0.636. The van der Waals surface area contributed by atoms with Crippen molar-refractivity contribution in [2.75, 3.05) is 6.54 Å². The summed E-state index contributed by atoms with van der Waals surface area (Å²) in [6.07, 6.45) is -0.254. The second-order valence-electron chi connectivity index (χ2n) is 4.00. The summed E-state index contributed by atoms with van der Waals surface area (Å²) in [6.45, 7) is 7.84. The maximum Gasteiger partial charge on any atom is 0.0639 e. The molecule has 0 aliphatic carbocycles. The summed E-state index contributed by atoms with van der Waals surface area (Å²) in [6, 6.07) is 2.62. The molecule has 1 aromatic rings. The third kappa shape index (κ3) is 3.78. The van der Waals surface area contributed by atoms with E-state index >= 15 is 0 Å². The Morgan fingerprint density at radius 3 is 2.57 bits per heavy atom. The van der Waals surface area contributed by atoms with Crippen molar-refractivity contribution in [3.05, 3.63) is 22.4 Å². The average Bonchev–Trinajstić information content (AvgIpc) is 2.54. The predicted molar refractivity (Wildman–Crippen MR) is 61.5 cm³/mol. The van der Waals surface area contributed by atoms with E-state index < -0.39 is 0 Å². The van der Waals surface area contributed by atoms with Crippen LogP contribution in [0.3, 0.4) is 0 Å². The van der Waals surface area contributed by atoms with Crippen LogP contribution in [0.5, 0.6) is 0 Å². The Kier molecular flexibility index (Phi) is 4.58. The molecule has 0 aromatic carbocycles. The van der Waals surface area contributed by atoms with Crippen LogP contribution < -0.4 is 0 Å². The van der Waals surface area contributed by atoms with Gasteiger partial charge in [-0.05, 0) is 43.2 Å². The first-order valence-electron chi connectivity index (χ1n) is 5.02. The molecule has 3 heteroatoms. The van der Waals surface area contributed by atoms with Gasteiger partial charge in [0.05, 0.1) is 6.10 Å². The van der Waals surface area contributed by atoms with Gasteiger partial charge in [-0.3, -0.25) is 4.90 Å². The first-order chi connectivity index (χ1) is 6.59. The van der Waals surface area contributed by atoms with Crippen molar-refractivity contribution in [2.45, 2.75) is 39.5 Å². The summed E-state index contributed by atoms with van der Waals surface area (Å²) >= 11 is 1.72. The highest BCUT2D eigenvalue weighted by Gasteiger charge is 2.12. The van der Waals surface area contributed by atoms with Gasteiger partial charge in [0.15, 0.2) is 0 Å². The molecule has 0 bridgehead atoms. The van der Waals surface area contributed by atoms with Crippen LogP contribution in [-0.2, 0) is 6.54 Å². The van der Waals surface area contributed by atoms with Gasteiger partial charge in [0.25, 0.3) is 0 Å². The van der Waals surface area contributed by atoms with Crippen LogP contribution in [0.1, 0.15) is 26.3 Å². The normalized spacial score (nSPS) is 13.9. The molecule has 0 fully saturated rings. The second kappa shape index (κ2) is 5.49. The van der Waals surface area contributed by atoms with Gasteiger partial charge >= 0.3 is 0 Å². The molecule has 1 aromatic heterocycles. The van der Waals surface area contributed by atoms with E-state index in [2.05, 4.69) is 35.6 Å². The lowest BCUT2D eigenvalue weighted by atomic mass is 10.2. The van der Waals surface area contributed by atoms with Crippen LogP contribution in [0.2, 0.25) is 0 Å². The first-order valence-corrected chi connectivity index (χ1v) is 5.97. The average molecular weight is 213 g/mol. The van der Waals surface area contributed by atoms with Crippen molar-refractivity contribution in [2.24, 2.45) is 0 Å². The van der Waals surface area contributed by atoms with Gasteiger partial charge in [0, 0.05) is 19.1 Å². The molecule has 1 heterocycles. The topological polar surface area (TPSA) is 23.5 Å². The maximum absolute atomic E-state index is 9.36. The number of aliphatic hydroxyl groups is 1. The summed E-state index contributed by atoms with van der Waals surface area (Å²) in [5, 5.41) is 13.6. The molecule has 14 heavy (non-hydrogen) atoms. The van der Waals surface area contributed by atoms with Crippen LogP contribution in [-0.4, -0.2) is 28.7 Å². The van der Waals surface area contributed by atoms with E-state index in [-0.39, 0.29) is 6.10 Å². The summed E-state index contributed by atoms with van der Waals surface area (Å²) in [5.74, 6) is 0. The Bertz CT molecular complexity index is 244. The van der Waals surface area contributed by atoms with Gasteiger partial charge in [0.2, 0.25) is 0 Å². The van der Waals surface area contributed by atoms with Crippen molar-refractivity contribution >= 4 is 11.3 Å². The third-order valence-corrected chi connectivity index (χ3v) is 2.93. The number of thiophene rings is 1. The summed E-state index contributed by atoms with van der Waals surface area (Å²) < 4.78 is 0. The van der Waals surface area contributed by atoms with Gasteiger partial charge in [0.1, 0.15) is 0 Å². The lowest BCUT2D eigenvalue weighted by Gasteiger charge is -2.27. The van der Waals surface area contributed by atoms with E-state index in [1.165, 1.54) is 5.56 Å². The highest BCUT2D eigenvalue weighted by molar-refractivity contribution is 7.07. The predicted octanol–water partition coefficient (Wildman–Crippen LogP) is 2.34. The minimum atomic E-state index is -0.254. The Labute approximate surface area is 90.2 Å². The van der Waals surface area contributed by atoms with Crippen molar-refractivity contribution in [1.82, 2.24) is 4.90 Å². The maximum atomic E-state index is 9.36. The smallest absolute Gasteiger partial charge is 0.0639 e. The molecule has 0 aliphatic heterocycles. The summed E-state index contributed by atoms with van der Waals surface area (Å²) in [4.78, 5) is 2.28. The van der Waals surface area contributed by atoms with Crippen molar-refractivity contribution in [3.8, 4) is 0 Å². The molecular formula is C11H19NOS. The molecule has 0 aliphatic rings. The molecule has 0 amide bonds. The van der Waals surface area contributed by atoms with Crippen molar-refractivity contribution in [3.63, 3.8) is 0 Å². The molecule has 1 unspecified atom stereocenters. The van der Waals surface area contributed by atoms with Crippen molar-refractivity contribution in [1.29, 1.82) is 0 Å². The molecule has 0 saturated heterocycles. The Morgan fingerprint density at radius 2 is 2.14 bits per heavy atom. The van der Waals surface area contributed by atoms with Gasteiger partial charge < -0.3 is 5.11 Å². The standard InChI is InChI=1S/C11H19NOS/c1-9(2)12(6-10(3)13)7-11-4-5-14-8-11/h4-5,8-10,13H,6-7H2,1-3H3. The molecule has 80 valence electrons. The van der Waals surface area contributed by atoms with Crippen LogP contribution in [0.25, 0.3) is 0 Å². The van der Waals surface area contributed by atoms with Crippen LogP contribution in [0, 0.1) is 0 Å². The lowest BCUT2D eigenvalue weighted by molar-refractivity contribution is 0.103. The zero-order valence-electron chi connectivity index (χ0n) is 9.10. The van der Waals surface area contributed by atoms with E-state index in [1.54, 1.807) is 11.3 Å². The fourth-order valence-electron chi connectivity index (χ4n) is 1.41. The minimum absolute atomic E-state index is 0.254. The third-order valence-electron chi connectivity index (χ3n) is 2.19. The zero-order chi connectivity index (χ0) is 10.6. The number of hydrogen-bond donors (Lipinski definition) is 1. The quantitative estimate of drug-likeness (QED) is 0.811. The second-order valence-corrected chi connectivity index (χ2v) is 4.78.